The quantitative estimate of drug-likeness (QED) is 0.862. The topological polar surface area (TPSA) is 53.9 Å². The Morgan fingerprint density at radius 3 is 2.76 bits per heavy atom. The van der Waals surface area contributed by atoms with Crippen molar-refractivity contribution >= 4 is 11.6 Å². The Morgan fingerprint density at radius 2 is 2.06 bits per heavy atom. The van der Waals surface area contributed by atoms with Gasteiger partial charge in [0.25, 0.3) is 0 Å². The van der Waals surface area contributed by atoms with Crippen LogP contribution in [0, 0.1) is 0 Å². The van der Waals surface area contributed by atoms with E-state index in [-0.39, 0.29) is 0 Å². The minimum Gasteiger partial charge on any atom is -0.365 e. The molecule has 2 aromatic heterocycles. The van der Waals surface area contributed by atoms with Crippen molar-refractivity contribution in [2.75, 3.05) is 24.3 Å². The Kier molecular flexibility index (Phi) is 3.49. The van der Waals surface area contributed by atoms with Gasteiger partial charge in [-0.05, 0) is 11.6 Å². The summed E-state index contributed by atoms with van der Waals surface area (Å²) >= 11 is 0. The number of nitrogens with one attached hydrogen (secondary N) is 1. The second-order valence-corrected chi connectivity index (χ2v) is 3.87. The van der Waals surface area contributed by atoms with Gasteiger partial charge < -0.3 is 10.2 Å². The van der Waals surface area contributed by atoms with E-state index in [9.17, 15) is 0 Å². The molecule has 2 aromatic rings. The molecule has 0 saturated heterocycles. The molecule has 5 nitrogen and oxygen atoms in total. The first-order valence-corrected chi connectivity index (χ1v) is 5.38. The Bertz CT molecular complexity index is 469. The number of hydrogen-bond acceptors (Lipinski definition) is 5. The Morgan fingerprint density at radius 1 is 1.18 bits per heavy atom. The Balaban J connectivity index is 2.02. The summed E-state index contributed by atoms with van der Waals surface area (Å²) in [4.78, 5) is 14.5. The van der Waals surface area contributed by atoms with Crippen molar-refractivity contribution in [1.29, 1.82) is 0 Å². The van der Waals surface area contributed by atoms with Crippen LogP contribution in [0.1, 0.15) is 5.56 Å². The summed E-state index contributed by atoms with van der Waals surface area (Å²) in [6.45, 7) is 0.694. The number of hydrogen-bond donors (Lipinski definition) is 1. The maximum atomic E-state index is 4.42. The molecular formula is C12H15N5. The molecule has 0 saturated carbocycles. The summed E-state index contributed by atoms with van der Waals surface area (Å²) in [7, 11) is 3.88. The van der Waals surface area contributed by atoms with Gasteiger partial charge in [-0.1, -0.05) is 6.07 Å². The van der Waals surface area contributed by atoms with E-state index >= 15 is 0 Å². The molecule has 2 rings (SSSR count). The molecule has 88 valence electrons. The van der Waals surface area contributed by atoms with Gasteiger partial charge in [0, 0.05) is 33.0 Å². The van der Waals surface area contributed by atoms with Gasteiger partial charge in [-0.3, -0.25) is 9.97 Å². The molecule has 0 aromatic carbocycles. The summed E-state index contributed by atoms with van der Waals surface area (Å²) in [6.07, 6.45) is 7.03. The van der Waals surface area contributed by atoms with Gasteiger partial charge in [-0.15, -0.1) is 0 Å². The molecule has 5 heteroatoms. The Hall–Kier alpha value is -2.17. The highest BCUT2D eigenvalue weighted by Crippen LogP contribution is 2.10. The van der Waals surface area contributed by atoms with Gasteiger partial charge in [-0.2, -0.15) is 0 Å². The summed E-state index contributed by atoms with van der Waals surface area (Å²) < 4.78 is 0. The molecule has 0 aliphatic rings. The van der Waals surface area contributed by atoms with Crippen LogP contribution in [0.25, 0.3) is 0 Å². The van der Waals surface area contributed by atoms with Crippen molar-refractivity contribution in [3.8, 4) is 0 Å². The highest BCUT2D eigenvalue weighted by molar-refractivity contribution is 5.42. The largest absolute Gasteiger partial charge is 0.365 e. The van der Waals surface area contributed by atoms with Crippen LogP contribution in [0.2, 0.25) is 0 Å². The highest BCUT2D eigenvalue weighted by atomic mass is 15.2. The van der Waals surface area contributed by atoms with E-state index in [1.165, 1.54) is 0 Å². The van der Waals surface area contributed by atoms with E-state index in [4.69, 9.17) is 0 Å². The van der Waals surface area contributed by atoms with Crippen LogP contribution in [-0.4, -0.2) is 29.0 Å². The first-order valence-electron chi connectivity index (χ1n) is 5.38. The summed E-state index contributed by atoms with van der Waals surface area (Å²) in [6, 6.07) is 3.93. The lowest BCUT2D eigenvalue weighted by atomic mass is 10.3. The molecule has 0 atom stereocenters. The second-order valence-electron chi connectivity index (χ2n) is 3.87. The molecule has 2 heterocycles. The highest BCUT2D eigenvalue weighted by Gasteiger charge is 2.00. The first-order chi connectivity index (χ1) is 8.25. The van der Waals surface area contributed by atoms with Crippen molar-refractivity contribution in [2.45, 2.75) is 6.54 Å². The monoisotopic (exact) mass is 229 g/mol. The van der Waals surface area contributed by atoms with Crippen molar-refractivity contribution < 1.29 is 0 Å². The van der Waals surface area contributed by atoms with Gasteiger partial charge in [0.2, 0.25) is 0 Å². The fourth-order valence-electron chi connectivity index (χ4n) is 1.35. The third-order valence-corrected chi connectivity index (χ3v) is 2.28. The molecule has 0 radical (unpaired) electrons. The molecule has 0 aliphatic carbocycles. The summed E-state index contributed by atoms with van der Waals surface area (Å²) in [5.41, 5.74) is 1.12. The van der Waals surface area contributed by atoms with Crippen LogP contribution in [-0.2, 0) is 6.54 Å². The zero-order chi connectivity index (χ0) is 12.1. The molecule has 0 unspecified atom stereocenters. The smallest absolute Gasteiger partial charge is 0.149 e. The molecule has 0 bridgehead atoms. The number of pyridine rings is 1. The predicted molar refractivity (Wildman–Crippen MR) is 67.9 cm³/mol. The van der Waals surface area contributed by atoms with Crippen LogP contribution in [0.15, 0.2) is 36.9 Å². The fourth-order valence-corrected chi connectivity index (χ4v) is 1.35. The second kappa shape index (κ2) is 5.25. The fraction of sp³-hybridized carbons (Fsp3) is 0.250. The summed E-state index contributed by atoms with van der Waals surface area (Å²) in [5.74, 6) is 1.60. The molecule has 0 spiro atoms. The van der Waals surface area contributed by atoms with Gasteiger partial charge in [0.15, 0.2) is 0 Å². The van der Waals surface area contributed by atoms with Crippen LogP contribution in [0.5, 0.6) is 0 Å². The molecule has 0 fully saturated rings. The van der Waals surface area contributed by atoms with Crippen LogP contribution in [0.3, 0.4) is 0 Å². The zero-order valence-corrected chi connectivity index (χ0v) is 9.96. The lowest BCUT2D eigenvalue weighted by molar-refractivity contribution is 1.02. The van der Waals surface area contributed by atoms with Gasteiger partial charge in [0.05, 0.1) is 12.4 Å². The Labute approximate surface area is 101 Å². The van der Waals surface area contributed by atoms with Gasteiger partial charge in [-0.25, -0.2) is 4.98 Å². The van der Waals surface area contributed by atoms with E-state index in [1.807, 2.05) is 37.3 Å². The number of nitrogens with zero attached hydrogens (tertiary/aromatic N) is 4. The maximum Gasteiger partial charge on any atom is 0.149 e. The van der Waals surface area contributed by atoms with Crippen molar-refractivity contribution in [3.05, 3.63) is 42.5 Å². The molecular weight excluding hydrogens is 214 g/mol. The third-order valence-electron chi connectivity index (χ3n) is 2.28. The number of rotatable bonds is 4. The standard InChI is InChI=1S/C12H15N5/c1-17(2)12-9-14-8-11(16-12)15-7-10-4-3-5-13-6-10/h3-6,8-9H,7H2,1-2H3,(H,15,16). The molecule has 0 aliphatic heterocycles. The van der Waals surface area contributed by atoms with E-state index in [0.717, 1.165) is 17.2 Å². The van der Waals surface area contributed by atoms with Gasteiger partial charge >= 0.3 is 0 Å². The molecule has 17 heavy (non-hydrogen) atoms. The van der Waals surface area contributed by atoms with Crippen molar-refractivity contribution in [3.63, 3.8) is 0 Å². The van der Waals surface area contributed by atoms with E-state index < -0.39 is 0 Å². The van der Waals surface area contributed by atoms with Crippen LogP contribution < -0.4 is 10.2 Å². The van der Waals surface area contributed by atoms with E-state index in [0.29, 0.717) is 6.54 Å². The number of aromatic nitrogens is 3. The maximum absolute atomic E-state index is 4.42. The molecule has 1 N–H and O–H groups in total. The minimum atomic E-state index is 0.694. The predicted octanol–water partition coefficient (Wildman–Crippen LogP) is 1.55. The lowest BCUT2D eigenvalue weighted by Crippen LogP contribution is -2.12. The molecule has 0 amide bonds. The zero-order valence-electron chi connectivity index (χ0n) is 9.96. The van der Waals surface area contributed by atoms with Crippen LogP contribution >= 0.6 is 0 Å². The van der Waals surface area contributed by atoms with Gasteiger partial charge in [0.1, 0.15) is 11.6 Å². The normalized spacial score (nSPS) is 10.0. The lowest BCUT2D eigenvalue weighted by Gasteiger charge is -2.12. The summed E-state index contributed by atoms with van der Waals surface area (Å²) in [5, 5.41) is 3.22. The number of anilines is 2. The van der Waals surface area contributed by atoms with Crippen LogP contribution in [0.4, 0.5) is 11.6 Å². The average Bonchev–Trinajstić information content (AvgIpc) is 2.38. The average molecular weight is 229 g/mol. The van der Waals surface area contributed by atoms with E-state index in [1.54, 1.807) is 18.6 Å². The van der Waals surface area contributed by atoms with Crippen molar-refractivity contribution in [2.24, 2.45) is 0 Å². The SMILES string of the molecule is CN(C)c1cncc(NCc2cccnc2)n1. The third kappa shape index (κ3) is 3.14. The van der Waals surface area contributed by atoms with Crippen molar-refractivity contribution in [1.82, 2.24) is 15.0 Å². The van der Waals surface area contributed by atoms with E-state index in [2.05, 4.69) is 20.3 Å². The minimum absolute atomic E-state index is 0.694. The first kappa shape index (κ1) is 11.3.